The number of nitrogens with zero attached hydrogens (tertiary/aromatic N) is 1. The summed E-state index contributed by atoms with van der Waals surface area (Å²) in [5, 5.41) is 3.30. The predicted octanol–water partition coefficient (Wildman–Crippen LogP) is 2.10. The van der Waals surface area contributed by atoms with Crippen LogP contribution >= 0.6 is 0 Å². The van der Waals surface area contributed by atoms with Gasteiger partial charge in [0.1, 0.15) is 5.82 Å². The van der Waals surface area contributed by atoms with E-state index in [1.807, 2.05) is 0 Å². The molecule has 2 heterocycles. The Balaban J connectivity index is 1.86. The molecule has 2 N–H and O–H groups in total. The molecule has 0 saturated heterocycles. The normalized spacial score (nSPS) is 23.1. The van der Waals surface area contributed by atoms with E-state index in [9.17, 15) is 4.79 Å². The van der Waals surface area contributed by atoms with Gasteiger partial charge in [-0.1, -0.05) is 13.8 Å². The fourth-order valence-electron chi connectivity index (χ4n) is 3.25. The highest BCUT2D eigenvalue weighted by atomic mass is 16.1. The monoisotopic (exact) mass is 261 g/mol. The Morgan fingerprint density at radius 2 is 2.00 bits per heavy atom. The van der Waals surface area contributed by atoms with Gasteiger partial charge in [-0.15, -0.1) is 0 Å². The van der Waals surface area contributed by atoms with Crippen LogP contribution in [0.3, 0.4) is 0 Å². The minimum atomic E-state index is 0.0892. The molecule has 1 saturated carbocycles. The lowest BCUT2D eigenvalue weighted by atomic mass is 9.73. The van der Waals surface area contributed by atoms with Gasteiger partial charge < -0.3 is 10.3 Å². The molecule has 1 aromatic rings. The molecule has 19 heavy (non-hydrogen) atoms. The highest BCUT2D eigenvalue weighted by Gasteiger charge is 2.29. The van der Waals surface area contributed by atoms with Crippen molar-refractivity contribution in [2.75, 3.05) is 6.54 Å². The van der Waals surface area contributed by atoms with Crippen LogP contribution in [-0.4, -0.2) is 16.5 Å². The molecular formula is C15H23N3O. The Kier molecular flexibility index (Phi) is 3.21. The van der Waals surface area contributed by atoms with Crippen molar-refractivity contribution in [1.29, 1.82) is 0 Å². The fourth-order valence-corrected chi connectivity index (χ4v) is 3.25. The van der Waals surface area contributed by atoms with E-state index in [1.165, 1.54) is 12.8 Å². The lowest BCUT2D eigenvalue weighted by molar-refractivity contribution is 0.220. The summed E-state index contributed by atoms with van der Waals surface area (Å²) in [7, 11) is 0. The van der Waals surface area contributed by atoms with Crippen molar-refractivity contribution in [3.05, 3.63) is 27.4 Å². The van der Waals surface area contributed by atoms with Crippen LogP contribution in [0.2, 0.25) is 0 Å². The van der Waals surface area contributed by atoms with Gasteiger partial charge in [0.15, 0.2) is 0 Å². The van der Waals surface area contributed by atoms with Gasteiger partial charge in [0.25, 0.3) is 5.56 Å². The van der Waals surface area contributed by atoms with E-state index >= 15 is 0 Å². The molecule has 1 aromatic heterocycles. The van der Waals surface area contributed by atoms with Crippen LogP contribution < -0.4 is 10.9 Å². The van der Waals surface area contributed by atoms with E-state index in [0.29, 0.717) is 11.3 Å². The van der Waals surface area contributed by atoms with Crippen molar-refractivity contribution >= 4 is 0 Å². The van der Waals surface area contributed by atoms with Crippen LogP contribution in [0, 0.1) is 5.41 Å². The average molecular weight is 261 g/mol. The molecule has 0 amide bonds. The number of rotatable bonds is 1. The number of aromatic amines is 1. The van der Waals surface area contributed by atoms with E-state index in [1.54, 1.807) is 0 Å². The highest BCUT2D eigenvalue weighted by molar-refractivity contribution is 5.21. The van der Waals surface area contributed by atoms with Gasteiger partial charge in [-0.2, -0.15) is 0 Å². The molecule has 0 aromatic carbocycles. The van der Waals surface area contributed by atoms with E-state index in [0.717, 1.165) is 49.4 Å². The van der Waals surface area contributed by atoms with Crippen LogP contribution in [0.4, 0.5) is 0 Å². The topological polar surface area (TPSA) is 57.8 Å². The summed E-state index contributed by atoms with van der Waals surface area (Å²) in [6, 6.07) is 0. The fraction of sp³-hybridized carbons (Fsp3) is 0.733. The third kappa shape index (κ3) is 2.59. The van der Waals surface area contributed by atoms with Crippen molar-refractivity contribution in [2.45, 2.75) is 58.4 Å². The molecule has 1 fully saturated rings. The molecule has 1 aliphatic heterocycles. The zero-order chi connectivity index (χ0) is 13.5. The van der Waals surface area contributed by atoms with Gasteiger partial charge in [-0.25, -0.2) is 4.98 Å². The molecular weight excluding hydrogens is 238 g/mol. The van der Waals surface area contributed by atoms with Crippen LogP contribution in [0.1, 0.15) is 62.5 Å². The standard InChI is InChI=1S/C15H23N3O/c1-15(2)6-3-10(4-7-15)13-17-12-9-16-8-5-11(12)14(19)18-13/h10,16H,3-9H2,1-2H3,(H,17,18,19). The minimum absolute atomic E-state index is 0.0892. The zero-order valence-electron chi connectivity index (χ0n) is 11.9. The first kappa shape index (κ1) is 12.9. The molecule has 0 radical (unpaired) electrons. The maximum Gasteiger partial charge on any atom is 0.254 e. The number of aromatic nitrogens is 2. The predicted molar refractivity (Wildman–Crippen MR) is 75.3 cm³/mol. The molecule has 0 unspecified atom stereocenters. The molecule has 104 valence electrons. The first-order chi connectivity index (χ1) is 9.05. The second-order valence-corrected chi connectivity index (χ2v) is 6.74. The lowest BCUT2D eigenvalue weighted by Gasteiger charge is -2.34. The van der Waals surface area contributed by atoms with Gasteiger partial charge in [0.05, 0.1) is 5.69 Å². The smallest absolute Gasteiger partial charge is 0.254 e. The second kappa shape index (κ2) is 4.75. The van der Waals surface area contributed by atoms with Gasteiger partial charge in [0, 0.05) is 18.0 Å². The average Bonchev–Trinajstić information content (AvgIpc) is 2.38. The maximum atomic E-state index is 12.1. The molecule has 0 bridgehead atoms. The molecule has 4 nitrogen and oxygen atoms in total. The third-order valence-electron chi connectivity index (χ3n) is 4.69. The first-order valence-corrected chi connectivity index (χ1v) is 7.38. The van der Waals surface area contributed by atoms with E-state index in [4.69, 9.17) is 4.98 Å². The summed E-state index contributed by atoms with van der Waals surface area (Å²) in [4.78, 5) is 19.9. The third-order valence-corrected chi connectivity index (χ3v) is 4.69. The van der Waals surface area contributed by atoms with Crippen molar-refractivity contribution in [1.82, 2.24) is 15.3 Å². The summed E-state index contributed by atoms with van der Waals surface area (Å²) < 4.78 is 0. The lowest BCUT2D eigenvalue weighted by Crippen LogP contribution is -2.33. The number of nitrogens with one attached hydrogen (secondary N) is 2. The molecule has 4 heteroatoms. The Hall–Kier alpha value is -1.16. The summed E-state index contributed by atoms with van der Waals surface area (Å²) >= 11 is 0. The molecule has 0 atom stereocenters. The van der Waals surface area contributed by atoms with Crippen molar-refractivity contribution in [3.8, 4) is 0 Å². The van der Waals surface area contributed by atoms with Crippen LogP contribution in [0.25, 0.3) is 0 Å². The summed E-state index contributed by atoms with van der Waals surface area (Å²) in [5.74, 6) is 1.36. The van der Waals surface area contributed by atoms with Gasteiger partial charge >= 0.3 is 0 Å². The minimum Gasteiger partial charge on any atom is -0.311 e. The number of fused-ring (bicyclic) bond motifs is 1. The van der Waals surface area contributed by atoms with Crippen LogP contribution in [0.5, 0.6) is 0 Å². The van der Waals surface area contributed by atoms with Gasteiger partial charge in [-0.3, -0.25) is 4.79 Å². The van der Waals surface area contributed by atoms with Crippen LogP contribution in [0.15, 0.2) is 4.79 Å². The SMILES string of the molecule is CC1(C)CCC(c2nc3c(c(=O)[nH]2)CCNC3)CC1. The van der Waals surface area contributed by atoms with Gasteiger partial charge in [-0.05, 0) is 44.1 Å². The molecule has 1 aliphatic carbocycles. The first-order valence-electron chi connectivity index (χ1n) is 7.38. The van der Waals surface area contributed by atoms with E-state index in [2.05, 4.69) is 24.1 Å². The van der Waals surface area contributed by atoms with E-state index in [-0.39, 0.29) is 5.56 Å². The molecule has 0 spiro atoms. The molecule has 3 rings (SSSR count). The van der Waals surface area contributed by atoms with Crippen molar-refractivity contribution in [3.63, 3.8) is 0 Å². The maximum absolute atomic E-state index is 12.1. The van der Waals surface area contributed by atoms with Gasteiger partial charge in [0.2, 0.25) is 0 Å². The second-order valence-electron chi connectivity index (χ2n) is 6.74. The molecule has 2 aliphatic rings. The van der Waals surface area contributed by atoms with Crippen molar-refractivity contribution in [2.24, 2.45) is 5.41 Å². The zero-order valence-corrected chi connectivity index (χ0v) is 11.9. The Bertz CT molecular complexity index is 523. The van der Waals surface area contributed by atoms with Crippen molar-refractivity contribution < 1.29 is 0 Å². The number of hydrogen-bond acceptors (Lipinski definition) is 3. The van der Waals surface area contributed by atoms with Crippen LogP contribution in [-0.2, 0) is 13.0 Å². The highest BCUT2D eigenvalue weighted by Crippen LogP contribution is 2.41. The summed E-state index contributed by atoms with van der Waals surface area (Å²) in [6.45, 7) is 6.28. The Morgan fingerprint density at radius 1 is 1.26 bits per heavy atom. The quantitative estimate of drug-likeness (QED) is 0.814. The summed E-state index contributed by atoms with van der Waals surface area (Å²) in [5.41, 5.74) is 2.40. The Labute approximate surface area is 114 Å². The number of H-pyrrole nitrogens is 1. The summed E-state index contributed by atoms with van der Waals surface area (Å²) in [6.07, 6.45) is 5.52. The van der Waals surface area contributed by atoms with E-state index < -0.39 is 0 Å². The Morgan fingerprint density at radius 3 is 2.74 bits per heavy atom. The number of hydrogen-bond donors (Lipinski definition) is 2. The largest absolute Gasteiger partial charge is 0.311 e.